The van der Waals surface area contributed by atoms with Crippen LogP contribution in [0.3, 0.4) is 0 Å². The number of amides is 1. The van der Waals surface area contributed by atoms with Crippen LogP contribution in [-0.4, -0.2) is 55.1 Å². The predicted molar refractivity (Wildman–Crippen MR) is 134 cm³/mol. The third-order valence-corrected chi connectivity index (χ3v) is 6.40. The summed E-state index contributed by atoms with van der Waals surface area (Å²) < 4.78 is 42.6. The Bertz CT molecular complexity index is 1470. The maximum atomic E-state index is 14.2. The summed E-state index contributed by atoms with van der Waals surface area (Å²) in [4.78, 5) is 31.5. The van der Waals surface area contributed by atoms with Gasteiger partial charge in [-0.3, -0.25) is 14.6 Å². The van der Waals surface area contributed by atoms with Gasteiger partial charge in [-0.2, -0.15) is 33.2 Å². The van der Waals surface area contributed by atoms with Crippen LogP contribution in [0.1, 0.15) is 28.9 Å². The van der Waals surface area contributed by atoms with E-state index in [-0.39, 0.29) is 17.1 Å². The number of anilines is 2. The normalized spacial score (nSPS) is 14.3. The van der Waals surface area contributed by atoms with Gasteiger partial charge in [0, 0.05) is 48.5 Å². The zero-order valence-corrected chi connectivity index (χ0v) is 20.4. The van der Waals surface area contributed by atoms with Gasteiger partial charge in [-0.15, -0.1) is 5.10 Å². The quantitative estimate of drug-likeness (QED) is 0.390. The number of hydrogen-bond acceptors (Lipinski definition) is 7. The van der Waals surface area contributed by atoms with Crippen LogP contribution in [0.2, 0.25) is 0 Å². The van der Waals surface area contributed by atoms with Crippen LogP contribution in [-0.2, 0) is 11.0 Å². The number of carboxylic acids is 1. The molecule has 1 aliphatic rings. The summed E-state index contributed by atoms with van der Waals surface area (Å²) in [6.45, 7) is 0.933. The Morgan fingerprint density at radius 3 is 2.41 bits per heavy atom. The summed E-state index contributed by atoms with van der Waals surface area (Å²) in [5.74, 6) is -2.26. The van der Waals surface area contributed by atoms with Gasteiger partial charge < -0.3 is 10.0 Å². The molecule has 0 aliphatic carbocycles. The Kier molecular flexibility index (Phi) is 6.96. The molecule has 39 heavy (non-hydrogen) atoms. The van der Waals surface area contributed by atoms with E-state index in [1.807, 2.05) is 4.90 Å². The number of aromatic nitrogens is 5. The van der Waals surface area contributed by atoms with Crippen molar-refractivity contribution in [3.63, 3.8) is 0 Å². The van der Waals surface area contributed by atoms with Gasteiger partial charge in [-0.05, 0) is 61.4 Å². The summed E-state index contributed by atoms with van der Waals surface area (Å²) >= 11 is 0. The maximum Gasteiger partial charge on any atom is 0.435 e. The van der Waals surface area contributed by atoms with Gasteiger partial charge in [0.25, 0.3) is 5.91 Å². The molecule has 0 saturated carbocycles. The number of carbonyl (C=O) groups is 2. The van der Waals surface area contributed by atoms with E-state index in [0.29, 0.717) is 42.0 Å². The van der Waals surface area contributed by atoms with Crippen LogP contribution in [0.25, 0.3) is 11.3 Å². The monoisotopic (exact) mass is 537 g/mol. The van der Waals surface area contributed by atoms with E-state index < -0.39 is 29.7 Å². The van der Waals surface area contributed by atoms with Gasteiger partial charge in [-0.25, -0.2) is 0 Å². The number of piperidine rings is 1. The van der Waals surface area contributed by atoms with Crippen molar-refractivity contribution in [2.45, 2.75) is 19.0 Å². The molecule has 13 heteroatoms. The van der Waals surface area contributed by atoms with Crippen molar-refractivity contribution in [1.82, 2.24) is 25.1 Å². The molecule has 1 fully saturated rings. The molecule has 1 saturated heterocycles. The number of nitrogens with zero attached hydrogens (tertiary/aromatic N) is 7. The van der Waals surface area contributed by atoms with Gasteiger partial charge in [-0.1, -0.05) is 6.07 Å². The number of aliphatic carboxylic acids is 1. The molecule has 200 valence electrons. The molecule has 0 atom stereocenters. The largest absolute Gasteiger partial charge is 0.481 e. The van der Waals surface area contributed by atoms with E-state index in [1.165, 1.54) is 36.8 Å². The smallest absolute Gasteiger partial charge is 0.435 e. The highest BCUT2D eigenvalue weighted by Crippen LogP contribution is 2.34. The van der Waals surface area contributed by atoms with Crippen LogP contribution < -0.4 is 9.91 Å². The number of halogens is 3. The molecule has 1 N–H and O–H groups in total. The summed E-state index contributed by atoms with van der Waals surface area (Å²) in [6.07, 6.45) is 0.222. The molecule has 3 aromatic heterocycles. The van der Waals surface area contributed by atoms with Crippen LogP contribution in [0.15, 0.2) is 73.2 Å². The van der Waals surface area contributed by atoms with E-state index in [9.17, 15) is 27.9 Å². The second-order valence-corrected chi connectivity index (χ2v) is 8.89. The van der Waals surface area contributed by atoms with Gasteiger partial charge in [0.1, 0.15) is 0 Å². The Morgan fingerprint density at radius 2 is 1.77 bits per heavy atom. The lowest BCUT2D eigenvalue weighted by Crippen LogP contribution is -2.40. The summed E-state index contributed by atoms with van der Waals surface area (Å²) in [7, 11) is 0. The van der Waals surface area contributed by atoms with Crippen LogP contribution >= 0.6 is 0 Å². The molecular weight excluding hydrogens is 515 g/mol. The summed E-state index contributed by atoms with van der Waals surface area (Å²) in [6, 6.07) is 13.2. The molecule has 4 heterocycles. The lowest BCUT2D eigenvalue weighted by atomic mass is 9.96. The lowest BCUT2D eigenvalue weighted by Gasteiger charge is -2.32. The number of carboxylic acid groups (broad SMARTS) is 1. The summed E-state index contributed by atoms with van der Waals surface area (Å²) in [5.41, 5.74) is -0.152. The molecule has 10 nitrogen and oxygen atoms in total. The predicted octanol–water partition coefficient (Wildman–Crippen LogP) is 4.17. The number of carbonyl (C=O) groups excluding carboxylic acids is 1. The number of benzene rings is 1. The van der Waals surface area contributed by atoms with Gasteiger partial charge >= 0.3 is 12.1 Å². The first kappa shape index (κ1) is 25.8. The van der Waals surface area contributed by atoms with Crippen molar-refractivity contribution in [3.05, 3.63) is 84.4 Å². The van der Waals surface area contributed by atoms with Crippen LogP contribution in [0, 0.1) is 5.92 Å². The van der Waals surface area contributed by atoms with Crippen molar-refractivity contribution in [3.8, 4) is 11.3 Å². The average Bonchev–Trinajstić information content (AvgIpc) is 3.40. The second kappa shape index (κ2) is 10.5. The standard InChI is InChI=1S/C26H22F3N7O3/c27-26(28,29)22-15-21(19-5-2-10-30-16-19)33-36(22)35(23-7-3-11-31-32-23)24(37)18-4-1-6-20(14-18)34-12-8-17(9-13-34)25(38)39/h1-7,10-11,14-17H,8-9,12-13H2,(H,38,39). The SMILES string of the molecule is O=C(O)C1CCN(c2cccc(C(=O)N(c3cccnn3)n3nc(-c4cccnc4)cc3C(F)(F)F)c2)CC1. The van der Waals surface area contributed by atoms with E-state index in [0.717, 1.165) is 11.1 Å². The first-order valence-electron chi connectivity index (χ1n) is 12.0. The molecule has 0 spiro atoms. The molecule has 1 aromatic carbocycles. The van der Waals surface area contributed by atoms with E-state index >= 15 is 0 Å². The average molecular weight is 538 g/mol. The molecule has 1 amide bonds. The Morgan fingerprint density at radius 1 is 1.00 bits per heavy atom. The third kappa shape index (κ3) is 5.42. The Balaban J connectivity index is 1.56. The molecule has 5 rings (SSSR count). The zero-order chi connectivity index (χ0) is 27.6. The molecule has 0 radical (unpaired) electrons. The number of pyridine rings is 1. The fraction of sp³-hybridized carbons (Fsp3) is 0.231. The minimum atomic E-state index is -4.86. The van der Waals surface area contributed by atoms with Crippen molar-refractivity contribution < 1.29 is 27.9 Å². The fourth-order valence-corrected chi connectivity index (χ4v) is 4.41. The Labute approximate surface area is 220 Å². The van der Waals surface area contributed by atoms with Crippen molar-refractivity contribution in [2.24, 2.45) is 5.92 Å². The first-order valence-corrected chi connectivity index (χ1v) is 12.0. The highest BCUT2D eigenvalue weighted by atomic mass is 19.4. The van der Waals surface area contributed by atoms with E-state index in [2.05, 4.69) is 20.3 Å². The topological polar surface area (TPSA) is 117 Å². The van der Waals surface area contributed by atoms with Gasteiger partial charge in [0.05, 0.1) is 11.6 Å². The number of rotatable bonds is 6. The lowest BCUT2D eigenvalue weighted by molar-refractivity contribution is -0.144. The molecular formula is C26H22F3N7O3. The third-order valence-electron chi connectivity index (χ3n) is 6.40. The number of alkyl halides is 3. The highest BCUT2D eigenvalue weighted by Gasteiger charge is 2.40. The molecule has 0 unspecified atom stereocenters. The maximum absolute atomic E-state index is 14.2. The van der Waals surface area contributed by atoms with Crippen LogP contribution in [0.4, 0.5) is 24.7 Å². The minimum Gasteiger partial charge on any atom is -0.481 e. The van der Waals surface area contributed by atoms with E-state index in [1.54, 1.807) is 30.3 Å². The highest BCUT2D eigenvalue weighted by molar-refractivity contribution is 6.05. The first-order chi connectivity index (χ1) is 18.7. The van der Waals surface area contributed by atoms with Crippen molar-refractivity contribution in [1.29, 1.82) is 0 Å². The van der Waals surface area contributed by atoms with E-state index in [4.69, 9.17) is 0 Å². The minimum absolute atomic E-state index is 0.0350. The van der Waals surface area contributed by atoms with Gasteiger partial charge in [0.15, 0.2) is 11.5 Å². The van der Waals surface area contributed by atoms with Gasteiger partial charge in [0.2, 0.25) is 0 Å². The molecule has 1 aliphatic heterocycles. The fourth-order valence-electron chi connectivity index (χ4n) is 4.41. The zero-order valence-electron chi connectivity index (χ0n) is 20.4. The molecule has 4 aromatic rings. The van der Waals surface area contributed by atoms with Crippen molar-refractivity contribution >= 4 is 23.4 Å². The summed E-state index contributed by atoms with van der Waals surface area (Å²) in [5, 5.41) is 21.8. The van der Waals surface area contributed by atoms with Crippen LogP contribution in [0.5, 0.6) is 0 Å². The Hall–Kier alpha value is -4.81. The second-order valence-electron chi connectivity index (χ2n) is 8.89. The number of hydrogen-bond donors (Lipinski definition) is 1. The molecule has 0 bridgehead atoms. The van der Waals surface area contributed by atoms with Crippen molar-refractivity contribution in [2.75, 3.05) is 23.0 Å².